The van der Waals surface area contributed by atoms with E-state index in [1.165, 1.54) is 44.1 Å². The molecule has 1 fully saturated rings. The number of hydrogen-bond donors (Lipinski definition) is 1. The highest BCUT2D eigenvalue weighted by molar-refractivity contribution is 5.10. The minimum absolute atomic E-state index is 0.0411. The van der Waals surface area contributed by atoms with E-state index in [9.17, 15) is 0 Å². The molecule has 1 rings (SSSR count). The molecule has 1 atom stereocenters. The van der Waals surface area contributed by atoms with Crippen LogP contribution in [0.2, 0.25) is 0 Å². The van der Waals surface area contributed by atoms with Gasteiger partial charge in [0.15, 0.2) is 0 Å². The Balaban J connectivity index is 2.84. The highest BCUT2D eigenvalue weighted by Crippen LogP contribution is 2.35. The van der Waals surface area contributed by atoms with Crippen LogP contribution >= 0.6 is 0 Å². The van der Waals surface area contributed by atoms with Crippen molar-refractivity contribution < 1.29 is 4.74 Å². The molecule has 0 heterocycles. The molecule has 18 heavy (non-hydrogen) atoms. The first kappa shape index (κ1) is 15.7. The zero-order valence-electron chi connectivity index (χ0n) is 12.7. The lowest BCUT2D eigenvalue weighted by molar-refractivity contribution is -0.0796. The van der Waals surface area contributed by atoms with Crippen molar-refractivity contribution in [1.82, 2.24) is 5.32 Å². The Morgan fingerprint density at radius 3 is 2.39 bits per heavy atom. The fourth-order valence-corrected chi connectivity index (χ4v) is 3.01. The molecule has 0 spiro atoms. The van der Waals surface area contributed by atoms with Gasteiger partial charge in [-0.25, -0.2) is 0 Å². The third kappa shape index (κ3) is 4.40. The van der Waals surface area contributed by atoms with Gasteiger partial charge in [-0.1, -0.05) is 37.8 Å². The van der Waals surface area contributed by atoms with Gasteiger partial charge in [-0.2, -0.15) is 0 Å². The molecule has 0 saturated heterocycles. The molecule has 1 aliphatic carbocycles. The molecule has 106 valence electrons. The Hall–Kier alpha value is -0.340. The second kappa shape index (κ2) is 7.96. The first-order valence-electron chi connectivity index (χ1n) is 7.67. The van der Waals surface area contributed by atoms with E-state index < -0.39 is 0 Å². The van der Waals surface area contributed by atoms with Gasteiger partial charge in [-0.05, 0) is 46.6 Å². The largest absolute Gasteiger partial charge is 0.373 e. The van der Waals surface area contributed by atoms with E-state index in [0.717, 1.165) is 13.2 Å². The van der Waals surface area contributed by atoms with E-state index in [4.69, 9.17) is 4.74 Å². The van der Waals surface area contributed by atoms with Gasteiger partial charge in [0.05, 0.1) is 11.6 Å². The highest BCUT2D eigenvalue weighted by Gasteiger charge is 2.39. The summed E-state index contributed by atoms with van der Waals surface area (Å²) >= 11 is 0. The summed E-state index contributed by atoms with van der Waals surface area (Å²) in [5.41, 5.74) is 1.42. The summed E-state index contributed by atoms with van der Waals surface area (Å²) < 4.78 is 6.22. The Kier molecular flexibility index (Phi) is 6.95. The Labute approximate surface area is 113 Å². The van der Waals surface area contributed by atoms with Gasteiger partial charge in [-0.3, -0.25) is 0 Å². The number of ether oxygens (including phenoxy) is 1. The van der Waals surface area contributed by atoms with Crippen LogP contribution in [-0.4, -0.2) is 24.8 Å². The average molecular weight is 253 g/mol. The van der Waals surface area contributed by atoms with Crippen LogP contribution in [0, 0.1) is 0 Å². The number of nitrogens with one attached hydrogen (secondary N) is 1. The summed E-state index contributed by atoms with van der Waals surface area (Å²) in [5.74, 6) is 0. The van der Waals surface area contributed by atoms with Gasteiger partial charge < -0.3 is 10.1 Å². The van der Waals surface area contributed by atoms with Crippen molar-refractivity contribution in [1.29, 1.82) is 0 Å². The highest BCUT2D eigenvalue weighted by atomic mass is 16.5. The lowest BCUT2D eigenvalue weighted by Gasteiger charge is -2.43. The van der Waals surface area contributed by atoms with E-state index in [1.807, 2.05) is 0 Å². The maximum Gasteiger partial charge on any atom is 0.0870 e. The Bertz CT molecular complexity index is 244. The number of hydrogen-bond acceptors (Lipinski definition) is 2. The van der Waals surface area contributed by atoms with E-state index in [2.05, 4.69) is 39.1 Å². The Morgan fingerprint density at radius 2 is 1.89 bits per heavy atom. The van der Waals surface area contributed by atoms with Gasteiger partial charge in [-0.15, -0.1) is 0 Å². The molecule has 0 aromatic heterocycles. The molecule has 0 bridgehead atoms. The van der Waals surface area contributed by atoms with E-state index >= 15 is 0 Å². The number of allylic oxidation sites excluding steroid dienone is 1. The van der Waals surface area contributed by atoms with Crippen molar-refractivity contribution >= 4 is 0 Å². The summed E-state index contributed by atoms with van der Waals surface area (Å²) in [7, 11) is 0. The third-order valence-corrected chi connectivity index (χ3v) is 3.81. The molecule has 1 saturated carbocycles. The summed E-state index contributed by atoms with van der Waals surface area (Å²) in [5, 5.41) is 3.69. The van der Waals surface area contributed by atoms with Gasteiger partial charge in [0.25, 0.3) is 0 Å². The molecule has 2 nitrogen and oxygen atoms in total. The van der Waals surface area contributed by atoms with Crippen molar-refractivity contribution in [3.8, 4) is 0 Å². The molecule has 0 aromatic carbocycles. The second-order valence-corrected chi connectivity index (χ2v) is 5.73. The summed E-state index contributed by atoms with van der Waals surface area (Å²) in [6.07, 6.45) is 9.93. The molecule has 2 heteroatoms. The minimum atomic E-state index is 0.0411. The normalized spacial score (nSPS) is 20.4. The molecule has 0 radical (unpaired) electrons. The number of rotatable bonds is 7. The lowest BCUT2D eigenvalue weighted by atomic mass is 9.78. The summed E-state index contributed by atoms with van der Waals surface area (Å²) in [6, 6.07) is 0.378. The summed E-state index contributed by atoms with van der Waals surface area (Å²) in [4.78, 5) is 0. The van der Waals surface area contributed by atoms with Gasteiger partial charge >= 0.3 is 0 Å². The minimum Gasteiger partial charge on any atom is -0.373 e. The molecule has 0 amide bonds. The van der Waals surface area contributed by atoms with Gasteiger partial charge in [0.2, 0.25) is 0 Å². The summed E-state index contributed by atoms with van der Waals surface area (Å²) in [6.45, 7) is 10.6. The predicted molar refractivity (Wildman–Crippen MR) is 79.0 cm³/mol. The van der Waals surface area contributed by atoms with Crippen LogP contribution in [0.1, 0.15) is 66.2 Å². The van der Waals surface area contributed by atoms with Crippen LogP contribution in [-0.2, 0) is 4.74 Å². The first-order chi connectivity index (χ1) is 8.64. The van der Waals surface area contributed by atoms with Crippen LogP contribution in [0.15, 0.2) is 11.6 Å². The fourth-order valence-electron chi connectivity index (χ4n) is 3.01. The topological polar surface area (TPSA) is 21.3 Å². The Morgan fingerprint density at radius 1 is 1.22 bits per heavy atom. The van der Waals surface area contributed by atoms with Crippen molar-refractivity contribution in [2.45, 2.75) is 77.9 Å². The molecule has 1 aliphatic rings. The quantitative estimate of drug-likeness (QED) is 0.691. The molecule has 0 aliphatic heterocycles. The second-order valence-electron chi connectivity index (χ2n) is 5.73. The maximum absolute atomic E-state index is 6.22. The van der Waals surface area contributed by atoms with Crippen LogP contribution in [0.3, 0.4) is 0 Å². The van der Waals surface area contributed by atoms with Crippen molar-refractivity contribution in [2.75, 3.05) is 13.2 Å². The van der Waals surface area contributed by atoms with Crippen LogP contribution < -0.4 is 5.32 Å². The average Bonchev–Trinajstić information content (AvgIpc) is 2.35. The zero-order valence-corrected chi connectivity index (χ0v) is 12.7. The fraction of sp³-hybridized carbons (Fsp3) is 0.875. The van der Waals surface area contributed by atoms with Crippen molar-refractivity contribution in [2.24, 2.45) is 0 Å². The van der Waals surface area contributed by atoms with Crippen LogP contribution in [0.25, 0.3) is 0 Å². The zero-order chi connectivity index (χ0) is 13.4. The molecule has 0 aromatic rings. The maximum atomic E-state index is 6.22. The van der Waals surface area contributed by atoms with E-state index in [1.54, 1.807) is 0 Å². The van der Waals surface area contributed by atoms with Crippen LogP contribution in [0.5, 0.6) is 0 Å². The molecular formula is C16H31NO. The van der Waals surface area contributed by atoms with Crippen molar-refractivity contribution in [3.63, 3.8) is 0 Å². The standard InChI is InChI=1S/C16H31NO/c1-5-12-17-15(13-14(3)4)16(18-6-2)10-8-7-9-11-16/h13,15,17H,5-12H2,1-4H3. The van der Waals surface area contributed by atoms with Gasteiger partial charge in [0, 0.05) is 6.61 Å². The molecule has 1 unspecified atom stereocenters. The molecule has 1 N–H and O–H groups in total. The van der Waals surface area contributed by atoms with E-state index in [-0.39, 0.29) is 5.60 Å². The van der Waals surface area contributed by atoms with Gasteiger partial charge in [0.1, 0.15) is 0 Å². The van der Waals surface area contributed by atoms with E-state index in [0.29, 0.717) is 6.04 Å². The predicted octanol–water partition coefficient (Wildman–Crippen LogP) is 4.06. The monoisotopic (exact) mass is 253 g/mol. The van der Waals surface area contributed by atoms with Crippen molar-refractivity contribution in [3.05, 3.63) is 11.6 Å². The molecular weight excluding hydrogens is 222 g/mol. The SMILES string of the molecule is CCCNC(C=C(C)C)C1(OCC)CCCCC1. The smallest absolute Gasteiger partial charge is 0.0870 e. The lowest BCUT2D eigenvalue weighted by Crippen LogP contribution is -2.53. The van der Waals surface area contributed by atoms with Crippen LogP contribution in [0.4, 0.5) is 0 Å². The first-order valence-corrected chi connectivity index (χ1v) is 7.67. The third-order valence-electron chi connectivity index (χ3n) is 3.81.